The summed E-state index contributed by atoms with van der Waals surface area (Å²) in [5, 5.41) is 4.98. The first kappa shape index (κ1) is 17.8. The van der Waals surface area contributed by atoms with E-state index in [4.69, 9.17) is 9.47 Å². The fraction of sp³-hybridized carbons (Fsp3) is 0.389. The predicted octanol–water partition coefficient (Wildman–Crippen LogP) is 2.46. The van der Waals surface area contributed by atoms with Gasteiger partial charge in [-0.05, 0) is 35.7 Å². The molecule has 1 N–H and O–H groups in total. The van der Waals surface area contributed by atoms with Gasteiger partial charge in [-0.2, -0.15) is 0 Å². The second-order valence-electron chi connectivity index (χ2n) is 5.73. The van der Waals surface area contributed by atoms with E-state index in [0.29, 0.717) is 25.5 Å². The molecule has 0 bridgehead atoms. The normalized spacial score (nSPS) is 16.4. The number of hydrogen-bond donors (Lipinski definition) is 1. The minimum absolute atomic E-state index is 0.0914. The Balaban J connectivity index is 1.51. The van der Waals surface area contributed by atoms with Gasteiger partial charge in [0, 0.05) is 24.5 Å². The van der Waals surface area contributed by atoms with Crippen LogP contribution in [0.2, 0.25) is 0 Å². The van der Waals surface area contributed by atoms with Crippen molar-refractivity contribution in [2.24, 2.45) is 0 Å². The third kappa shape index (κ3) is 5.26. The summed E-state index contributed by atoms with van der Waals surface area (Å²) in [6.45, 7) is 3.56. The van der Waals surface area contributed by atoms with Crippen LogP contribution in [0.15, 0.2) is 41.8 Å². The van der Waals surface area contributed by atoms with Crippen molar-refractivity contribution in [2.75, 3.05) is 39.5 Å². The zero-order valence-corrected chi connectivity index (χ0v) is 14.6. The van der Waals surface area contributed by atoms with Gasteiger partial charge in [0.1, 0.15) is 11.6 Å². The molecule has 3 rings (SSSR count). The number of carbonyl (C=O) groups is 1. The molecule has 0 spiro atoms. The first-order valence-corrected chi connectivity index (χ1v) is 9.10. The minimum atomic E-state index is -0.332. The lowest BCUT2D eigenvalue weighted by Gasteiger charge is -2.34. The van der Waals surface area contributed by atoms with Gasteiger partial charge in [-0.25, -0.2) is 4.39 Å². The molecule has 0 saturated carbocycles. The number of benzene rings is 1. The van der Waals surface area contributed by atoms with E-state index in [9.17, 15) is 9.18 Å². The largest absolute Gasteiger partial charge is 0.484 e. The number of carbonyl (C=O) groups excluding carboxylic acids is 1. The maximum atomic E-state index is 12.9. The number of morpholine rings is 1. The summed E-state index contributed by atoms with van der Waals surface area (Å²) in [7, 11) is 0. The van der Waals surface area contributed by atoms with E-state index < -0.39 is 0 Å². The molecule has 134 valence electrons. The van der Waals surface area contributed by atoms with Gasteiger partial charge in [0.05, 0.1) is 19.3 Å². The van der Waals surface area contributed by atoms with Crippen LogP contribution in [0.1, 0.15) is 10.9 Å². The number of halogens is 1. The zero-order chi connectivity index (χ0) is 17.5. The smallest absolute Gasteiger partial charge is 0.258 e. The van der Waals surface area contributed by atoms with E-state index in [2.05, 4.69) is 16.3 Å². The molecule has 1 atom stereocenters. The average molecular weight is 364 g/mol. The highest BCUT2D eigenvalue weighted by atomic mass is 32.1. The van der Waals surface area contributed by atoms with Crippen molar-refractivity contribution in [2.45, 2.75) is 6.04 Å². The molecular formula is C18H21FN2O3S. The molecule has 2 heterocycles. The molecule has 1 fully saturated rings. The summed E-state index contributed by atoms with van der Waals surface area (Å²) in [6.07, 6.45) is 0. The zero-order valence-electron chi connectivity index (χ0n) is 13.8. The predicted molar refractivity (Wildman–Crippen MR) is 94.4 cm³/mol. The topological polar surface area (TPSA) is 50.8 Å². The molecule has 1 saturated heterocycles. The van der Waals surface area contributed by atoms with Crippen molar-refractivity contribution in [3.63, 3.8) is 0 Å². The minimum Gasteiger partial charge on any atom is -0.484 e. The van der Waals surface area contributed by atoms with Gasteiger partial charge in [0.2, 0.25) is 0 Å². The van der Waals surface area contributed by atoms with Gasteiger partial charge in [-0.15, -0.1) is 11.3 Å². The summed E-state index contributed by atoms with van der Waals surface area (Å²) in [4.78, 5) is 15.6. The molecular weight excluding hydrogens is 343 g/mol. The Hall–Kier alpha value is -1.96. The third-order valence-corrected chi connectivity index (χ3v) is 5.01. The van der Waals surface area contributed by atoms with Crippen molar-refractivity contribution in [1.29, 1.82) is 0 Å². The van der Waals surface area contributed by atoms with E-state index >= 15 is 0 Å². The van der Waals surface area contributed by atoms with E-state index in [1.54, 1.807) is 11.3 Å². The van der Waals surface area contributed by atoms with Crippen molar-refractivity contribution in [3.8, 4) is 5.75 Å². The van der Waals surface area contributed by atoms with Crippen molar-refractivity contribution in [1.82, 2.24) is 10.2 Å². The van der Waals surface area contributed by atoms with Gasteiger partial charge >= 0.3 is 0 Å². The molecule has 2 aromatic rings. The number of ether oxygens (including phenoxy) is 2. The third-order valence-electron chi connectivity index (χ3n) is 4.03. The molecule has 5 nitrogen and oxygen atoms in total. The van der Waals surface area contributed by atoms with Crippen LogP contribution in [-0.2, 0) is 9.53 Å². The molecule has 1 aromatic heterocycles. The number of hydrogen-bond acceptors (Lipinski definition) is 5. The molecule has 0 aliphatic carbocycles. The summed E-state index contributed by atoms with van der Waals surface area (Å²) in [5.74, 6) is -0.0558. The van der Waals surface area contributed by atoms with E-state index in [1.165, 1.54) is 29.1 Å². The van der Waals surface area contributed by atoms with Crippen molar-refractivity contribution in [3.05, 3.63) is 52.5 Å². The Morgan fingerprint density at radius 2 is 2.04 bits per heavy atom. The SMILES string of the molecule is O=C(COc1ccc(F)cc1)NC[C@@H](c1cccs1)N1CCOCC1. The summed E-state index contributed by atoms with van der Waals surface area (Å²) >= 11 is 1.69. The fourth-order valence-electron chi connectivity index (χ4n) is 2.72. The molecule has 0 unspecified atom stereocenters. The van der Waals surface area contributed by atoms with Crippen molar-refractivity contribution < 1.29 is 18.7 Å². The highest BCUT2D eigenvalue weighted by molar-refractivity contribution is 7.10. The highest BCUT2D eigenvalue weighted by Crippen LogP contribution is 2.25. The molecule has 1 aliphatic heterocycles. The van der Waals surface area contributed by atoms with Crippen LogP contribution in [0.4, 0.5) is 4.39 Å². The lowest BCUT2D eigenvalue weighted by Crippen LogP contribution is -2.44. The van der Waals surface area contributed by atoms with Crippen LogP contribution in [0, 0.1) is 5.82 Å². The van der Waals surface area contributed by atoms with E-state index in [1.807, 2.05) is 11.4 Å². The van der Waals surface area contributed by atoms with Gasteiger partial charge in [-0.3, -0.25) is 9.69 Å². The first-order chi connectivity index (χ1) is 12.2. The second kappa shape index (κ2) is 8.94. The van der Waals surface area contributed by atoms with Gasteiger partial charge in [0.15, 0.2) is 6.61 Å². The number of nitrogens with one attached hydrogen (secondary N) is 1. The Bertz CT molecular complexity index is 657. The Labute approximate surface area is 150 Å². The molecule has 1 aromatic carbocycles. The summed E-state index contributed by atoms with van der Waals surface area (Å²) in [5.41, 5.74) is 0. The van der Waals surface area contributed by atoms with Crippen LogP contribution in [-0.4, -0.2) is 50.3 Å². The Morgan fingerprint density at radius 3 is 2.72 bits per heavy atom. The summed E-state index contributed by atoms with van der Waals surface area (Å²) < 4.78 is 23.7. The lowest BCUT2D eigenvalue weighted by molar-refractivity contribution is -0.123. The van der Waals surface area contributed by atoms with E-state index in [-0.39, 0.29) is 24.4 Å². The van der Waals surface area contributed by atoms with Gasteiger partial charge < -0.3 is 14.8 Å². The highest BCUT2D eigenvalue weighted by Gasteiger charge is 2.23. The fourth-order valence-corrected chi connectivity index (χ4v) is 3.58. The molecule has 1 amide bonds. The summed E-state index contributed by atoms with van der Waals surface area (Å²) in [6, 6.07) is 9.87. The Kier molecular flexibility index (Phi) is 6.38. The molecule has 1 aliphatic rings. The lowest BCUT2D eigenvalue weighted by atomic mass is 10.2. The maximum Gasteiger partial charge on any atom is 0.258 e. The van der Waals surface area contributed by atoms with Crippen LogP contribution in [0.3, 0.4) is 0 Å². The number of amides is 1. The van der Waals surface area contributed by atoms with Gasteiger partial charge in [-0.1, -0.05) is 6.07 Å². The van der Waals surface area contributed by atoms with Gasteiger partial charge in [0.25, 0.3) is 5.91 Å². The molecule has 7 heteroatoms. The van der Waals surface area contributed by atoms with Crippen molar-refractivity contribution >= 4 is 17.2 Å². The maximum absolute atomic E-state index is 12.9. The number of thiophene rings is 1. The van der Waals surface area contributed by atoms with E-state index in [0.717, 1.165) is 13.1 Å². The monoisotopic (exact) mass is 364 g/mol. The standard InChI is InChI=1S/C18H21FN2O3S/c19-14-3-5-15(6-4-14)24-13-18(22)20-12-16(17-2-1-11-25-17)21-7-9-23-10-8-21/h1-6,11,16H,7-10,12-13H2,(H,20,22)/t16-/m0/s1. The number of nitrogens with zero attached hydrogens (tertiary/aromatic N) is 1. The second-order valence-corrected chi connectivity index (χ2v) is 6.71. The molecule has 0 radical (unpaired) electrons. The van der Waals surface area contributed by atoms with Crippen LogP contribution in [0.25, 0.3) is 0 Å². The van der Waals surface area contributed by atoms with Crippen LogP contribution < -0.4 is 10.1 Å². The molecule has 25 heavy (non-hydrogen) atoms. The first-order valence-electron chi connectivity index (χ1n) is 8.22. The Morgan fingerprint density at radius 1 is 1.28 bits per heavy atom. The van der Waals surface area contributed by atoms with Crippen LogP contribution >= 0.6 is 11.3 Å². The quantitative estimate of drug-likeness (QED) is 0.820. The number of rotatable bonds is 7. The van der Waals surface area contributed by atoms with Crippen LogP contribution in [0.5, 0.6) is 5.75 Å². The average Bonchev–Trinajstić information content (AvgIpc) is 3.17.